The number of methoxy groups -OCH3 is 1. The zero-order valence-corrected chi connectivity index (χ0v) is 23.1. The average Bonchev–Trinajstić information content (AvgIpc) is 3.43. The molecule has 1 aromatic rings. The lowest BCUT2D eigenvalue weighted by Crippen LogP contribution is -2.52. The van der Waals surface area contributed by atoms with Crippen molar-refractivity contribution in [2.45, 2.75) is 61.9 Å². The van der Waals surface area contributed by atoms with Crippen LogP contribution in [0, 0.1) is 5.82 Å². The Hall–Kier alpha value is -2.70. The van der Waals surface area contributed by atoms with Gasteiger partial charge in [-0.2, -0.15) is 0 Å². The monoisotopic (exact) mass is 586 g/mol. The second-order valence-electron chi connectivity index (χ2n) is 9.91. The predicted molar refractivity (Wildman–Crippen MR) is 143 cm³/mol. The van der Waals surface area contributed by atoms with Gasteiger partial charge in [0.15, 0.2) is 0 Å². The minimum Gasteiger partial charge on any atom is -0.481 e. The number of hydrogen-bond acceptors (Lipinski definition) is 8. The number of alkyl halides is 2. The molecule has 39 heavy (non-hydrogen) atoms. The van der Waals surface area contributed by atoms with Crippen molar-refractivity contribution in [2.24, 2.45) is 4.99 Å². The zero-order valence-electron chi connectivity index (χ0n) is 21.5. The Bertz CT molecular complexity index is 1220. The van der Waals surface area contributed by atoms with Crippen LogP contribution in [0.4, 0.5) is 13.2 Å². The number of likely N-dealkylation sites (tertiary alicyclic amines) is 1. The topological polar surface area (TPSA) is 103 Å². The molecule has 0 saturated carbocycles. The van der Waals surface area contributed by atoms with Crippen LogP contribution in [0.3, 0.4) is 0 Å². The molecule has 1 saturated heterocycles. The van der Waals surface area contributed by atoms with Gasteiger partial charge in [-0.15, -0.1) is 0 Å². The lowest BCUT2D eigenvalue weighted by Gasteiger charge is -2.36. The third-order valence-corrected chi connectivity index (χ3v) is 8.38. The number of carboxylic acids is 1. The van der Waals surface area contributed by atoms with E-state index in [-0.39, 0.29) is 30.0 Å². The summed E-state index contributed by atoms with van der Waals surface area (Å²) in [4.78, 5) is 29.7. The number of rotatable bonds is 10. The third kappa shape index (κ3) is 6.72. The van der Waals surface area contributed by atoms with Gasteiger partial charge < -0.3 is 20.5 Å². The van der Waals surface area contributed by atoms with E-state index in [1.54, 1.807) is 11.1 Å². The number of hydrogen-bond donors (Lipinski definition) is 3. The van der Waals surface area contributed by atoms with Gasteiger partial charge in [-0.3, -0.25) is 14.7 Å². The van der Waals surface area contributed by atoms with E-state index in [9.17, 15) is 22.8 Å². The molecule has 0 aliphatic carbocycles. The van der Waals surface area contributed by atoms with Crippen LogP contribution in [0.5, 0.6) is 0 Å². The molecule has 3 aliphatic heterocycles. The highest BCUT2D eigenvalue weighted by Crippen LogP contribution is 2.41. The number of nitrogens with zero attached hydrogens (tertiary/aromatic N) is 2. The van der Waals surface area contributed by atoms with Crippen molar-refractivity contribution in [1.29, 1.82) is 0 Å². The van der Waals surface area contributed by atoms with Crippen molar-refractivity contribution >= 4 is 41.1 Å². The number of nitrogens with one attached hydrogen (secondary N) is 2. The fraction of sp³-hybridized carbons (Fsp3) is 0.500. The molecule has 1 aromatic carbocycles. The summed E-state index contributed by atoms with van der Waals surface area (Å²) in [5.41, 5.74) is 0.793. The van der Waals surface area contributed by atoms with Gasteiger partial charge in [-0.1, -0.05) is 35.9 Å². The fourth-order valence-corrected chi connectivity index (χ4v) is 6.11. The molecule has 212 valence electrons. The molecule has 0 radical (unpaired) electrons. The molecule has 13 heteroatoms. The number of aliphatic carboxylic acids is 1. The number of thioether (sulfide) groups is 1. The molecule has 3 atom stereocenters. The lowest BCUT2D eigenvalue weighted by molar-refractivity contribution is -0.137. The molecule has 3 heterocycles. The van der Waals surface area contributed by atoms with Gasteiger partial charge in [-0.05, 0) is 37.3 Å². The maximum atomic E-state index is 14.6. The van der Waals surface area contributed by atoms with Crippen LogP contribution in [0.25, 0.3) is 0 Å². The first kappa shape index (κ1) is 29.3. The summed E-state index contributed by atoms with van der Waals surface area (Å²) < 4.78 is 48.2. The van der Waals surface area contributed by atoms with E-state index in [2.05, 4.69) is 10.6 Å². The molecular formula is C26H30ClF3N4O4S. The number of carbonyl (C=O) groups excluding carboxylic acids is 1. The van der Waals surface area contributed by atoms with Crippen LogP contribution in [-0.4, -0.2) is 64.8 Å². The SMILES string of the molecule is COC(=O)C1=C(CN2CC(F)(F)C[C@@H]2CCCCC(=O)O)NC(C2(C)NC=CS2)=N[C@H]1c1ccc(F)cc1Cl. The van der Waals surface area contributed by atoms with Gasteiger partial charge >= 0.3 is 11.9 Å². The molecule has 3 aliphatic rings. The Morgan fingerprint density at radius 2 is 2.10 bits per heavy atom. The highest BCUT2D eigenvalue weighted by molar-refractivity contribution is 8.04. The minimum atomic E-state index is -2.94. The van der Waals surface area contributed by atoms with Gasteiger partial charge in [-0.25, -0.2) is 18.0 Å². The van der Waals surface area contributed by atoms with E-state index in [0.29, 0.717) is 36.4 Å². The predicted octanol–water partition coefficient (Wildman–Crippen LogP) is 4.83. The van der Waals surface area contributed by atoms with Gasteiger partial charge in [0.25, 0.3) is 5.92 Å². The molecule has 8 nitrogen and oxygen atoms in total. The molecule has 0 amide bonds. The number of halogens is 4. The number of carboxylic acid groups (broad SMARTS) is 1. The summed E-state index contributed by atoms with van der Waals surface area (Å²) in [7, 11) is 1.21. The van der Waals surface area contributed by atoms with E-state index in [1.807, 2.05) is 12.3 Å². The van der Waals surface area contributed by atoms with Gasteiger partial charge in [0.1, 0.15) is 22.6 Å². The Morgan fingerprint density at radius 1 is 1.33 bits per heavy atom. The summed E-state index contributed by atoms with van der Waals surface area (Å²) in [5, 5.41) is 17.2. The smallest absolute Gasteiger partial charge is 0.338 e. The summed E-state index contributed by atoms with van der Waals surface area (Å²) in [5.74, 6) is -4.70. The third-order valence-electron chi connectivity index (χ3n) is 7.00. The first-order valence-corrected chi connectivity index (χ1v) is 13.7. The average molecular weight is 587 g/mol. The normalized spacial score (nSPS) is 26.3. The number of amidine groups is 1. The van der Waals surface area contributed by atoms with Gasteiger partial charge in [0, 0.05) is 47.9 Å². The molecule has 4 rings (SSSR count). The number of unbranched alkanes of at least 4 members (excludes halogenated alkanes) is 1. The standard InChI is InChI=1S/C26H30ClF3N4O4S/c1-25(31-9-10-39-25)24-32-19(13-34-14-26(29,30)12-16(34)5-3-4-6-20(35)36)21(23(37)38-2)22(33-24)17-8-7-15(28)11-18(17)27/h7-11,16,22,31H,3-6,12-14H2,1-2H3,(H,32,33)(H,35,36)/t16-,22-,25?/m0/s1. The van der Waals surface area contributed by atoms with Crippen LogP contribution in [-0.2, 0) is 14.3 Å². The zero-order chi connectivity index (χ0) is 28.4. The van der Waals surface area contributed by atoms with Crippen LogP contribution in [0.1, 0.15) is 50.6 Å². The quantitative estimate of drug-likeness (QED) is 0.265. The van der Waals surface area contributed by atoms with Crippen molar-refractivity contribution in [3.8, 4) is 0 Å². The van der Waals surface area contributed by atoms with E-state index in [4.69, 9.17) is 26.4 Å². The maximum Gasteiger partial charge on any atom is 0.338 e. The van der Waals surface area contributed by atoms with Crippen molar-refractivity contribution in [3.05, 3.63) is 57.5 Å². The molecule has 0 spiro atoms. The van der Waals surface area contributed by atoms with Crippen LogP contribution in [0.15, 0.2) is 46.1 Å². The van der Waals surface area contributed by atoms with Crippen molar-refractivity contribution in [3.63, 3.8) is 0 Å². The van der Waals surface area contributed by atoms with Crippen molar-refractivity contribution in [2.75, 3.05) is 20.2 Å². The summed E-state index contributed by atoms with van der Waals surface area (Å²) in [6, 6.07) is 2.29. The van der Waals surface area contributed by atoms with E-state index in [0.717, 1.165) is 6.07 Å². The number of ether oxygens (including phenoxy) is 1. The molecular weight excluding hydrogens is 557 g/mol. The van der Waals surface area contributed by atoms with Crippen molar-refractivity contribution < 1.29 is 32.6 Å². The summed E-state index contributed by atoms with van der Waals surface area (Å²) in [6.45, 7) is 1.32. The van der Waals surface area contributed by atoms with Crippen molar-refractivity contribution in [1.82, 2.24) is 15.5 Å². The molecule has 1 unspecified atom stereocenters. The number of aliphatic imine (C=N–C) groups is 1. The van der Waals surface area contributed by atoms with Crippen LogP contribution >= 0.6 is 23.4 Å². The van der Waals surface area contributed by atoms with Crippen LogP contribution < -0.4 is 10.6 Å². The number of benzene rings is 1. The first-order valence-electron chi connectivity index (χ1n) is 12.5. The Kier molecular flexibility index (Phi) is 8.87. The van der Waals surface area contributed by atoms with E-state index in [1.165, 1.54) is 31.0 Å². The van der Waals surface area contributed by atoms with Gasteiger partial charge in [0.05, 0.1) is 19.2 Å². The molecule has 0 aromatic heterocycles. The first-order chi connectivity index (χ1) is 18.4. The highest BCUT2D eigenvalue weighted by Gasteiger charge is 2.46. The van der Waals surface area contributed by atoms with Crippen LogP contribution in [0.2, 0.25) is 5.02 Å². The number of esters is 1. The fourth-order valence-electron chi connectivity index (χ4n) is 5.08. The summed E-state index contributed by atoms with van der Waals surface area (Å²) >= 11 is 7.83. The second-order valence-corrected chi connectivity index (χ2v) is 11.6. The molecule has 3 N–H and O–H groups in total. The van der Waals surface area contributed by atoms with E-state index < -0.39 is 47.2 Å². The van der Waals surface area contributed by atoms with Gasteiger partial charge in [0.2, 0.25) is 0 Å². The number of carbonyl (C=O) groups is 2. The Morgan fingerprint density at radius 3 is 2.74 bits per heavy atom. The minimum absolute atomic E-state index is 0.0282. The van der Waals surface area contributed by atoms with E-state index >= 15 is 0 Å². The lowest BCUT2D eigenvalue weighted by atomic mass is 9.94. The largest absolute Gasteiger partial charge is 0.481 e. The Labute approximate surface area is 233 Å². The highest BCUT2D eigenvalue weighted by atomic mass is 35.5. The molecule has 0 bridgehead atoms. The Balaban J connectivity index is 1.72. The summed E-state index contributed by atoms with van der Waals surface area (Å²) in [6.07, 6.45) is 2.60. The second kappa shape index (κ2) is 11.8. The maximum absolute atomic E-state index is 14.6. The molecule has 1 fully saturated rings.